The molecule has 1 aromatic heterocycles. The SMILES string of the molecule is COC(=O)CCCNC(=O)CSc1nc2cc(C(=O)OC)ccc2c(=O)n1CC1CCCO1. The van der Waals surface area contributed by atoms with Gasteiger partial charge in [-0.2, -0.15) is 0 Å². The summed E-state index contributed by atoms with van der Waals surface area (Å²) >= 11 is 1.13. The molecule has 11 heteroatoms. The summed E-state index contributed by atoms with van der Waals surface area (Å²) in [5.41, 5.74) is 0.383. The van der Waals surface area contributed by atoms with Crippen molar-refractivity contribution in [2.45, 2.75) is 43.5 Å². The number of fused-ring (bicyclic) bond motifs is 1. The van der Waals surface area contributed by atoms with Crippen LogP contribution in [0.15, 0.2) is 28.2 Å². The van der Waals surface area contributed by atoms with E-state index in [-0.39, 0.29) is 41.3 Å². The van der Waals surface area contributed by atoms with Gasteiger partial charge in [0, 0.05) is 19.6 Å². The number of methoxy groups -OCH3 is 2. The van der Waals surface area contributed by atoms with Gasteiger partial charge in [0.15, 0.2) is 5.16 Å². The number of esters is 2. The maximum atomic E-state index is 13.2. The third-order valence-corrected chi connectivity index (χ3v) is 6.17. The van der Waals surface area contributed by atoms with Crippen LogP contribution in [0.2, 0.25) is 0 Å². The van der Waals surface area contributed by atoms with Crippen LogP contribution in [0.4, 0.5) is 0 Å². The van der Waals surface area contributed by atoms with Crippen LogP contribution in [0.1, 0.15) is 36.0 Å². The number of ether oxygens (including phenoxy) is 3. The number of hydrogen-bond donors (Lipinski definition) is 1. The highest BCUT2D eigenvalue weighted by Crippen LogP contribution is 2.22. The minimum absolute atomic E-state index is 0.0401. The molecule has 1 N–H and O–H groups in total. The number of thioether (sulfide) groups is 1. The van der Waals surface area contributed by atoms with E-state index in [1.54, 1.807) is 6.07 Å². The second-order valence-electron chi connectivity index (χ2n) is 7.49. The fourth-order valence-corrected chi connectivity index (χ4v) is 4.29. The van der Waals surface area contributed by atoms with Crippen LogP contribution in [0.3, 0.4) is 0 Å². The smallest absolute Gasteiger partial charge is 0.337 e. The van der Waals surface area contributed by atoms with E-state index in [0.717, 1.165) is 24.6 Å². The minimum atomic E-state index is -0.525. The van der Waals surface area contributed by atoms with Gasteiger partial charge in [0.05, 0.1) is 49.1 Å². The number of benzene rings is 1. The summed E-state index contributed by atoms with van der Waals surface area (Å²) in [4.78, 5) is 53.1. The standard InChI is InChI=1S/C22H27N3O7S/c1-30-19(27)6-3-9-23-18(26)13-33-22-24-17-11-14(21(29)31-2)7-8-16(17)20(28)25(22)12-15-5-4-10-32-15/h7-8,11,15H,3-6,9-10,12-13H2,1-2H3,(H,23,26). The number of nitrogens with zero attached hydrogens (tertiary/aromatic N) is 2. The van der Waals surface area contributed by atoms with Crippen LogP contribution in [0.25, 0.3) is 10.9 Å². The van der Waals surface area contributed by atoms with Crippen molar-refractivity contribution < 1.29 is 28.6 Å². The summed E-state index contributed by atoms with van der Waals surface area (Å²) in [5, 5.41) is 3.48. The summed E-state index contributed by atoms with van der Waals surface area (Å²) in [5.74, 6) is -1.06. The number of carbonyl (C=O) groups excluding carboxylic acids is 3. The zero-order valence-electron chi connectivity index (χ0n) is 18.6. The Balaban J connectivity index is 1.79. The van der Waals surface area contributed by atoms with E-state index in [9.17, 15) is 19.2 Å². The minimum Gasteiger partial charge on any atom is -0.469 e. The second kappa shape index (κ2) is 11.8. The molecule has 10 nitrogen and oxygen atoms in total. The Morgan fingerprint density at radius 3 is 2.79 bits per heavy atom. The molecule has 1 fully saturated rings. The molecule has 1 saturated heterocycles. The van der Waals surface area contributed by atoms with Gasteiger partial charge in [0.2, 0.25) is 5.91 Å². The molecule has 178 valence electrons. The summed E-state index contributed by atoms with van der Waals surface area (Å²) in [6, 6.07) is 4.60. The molecule has 2 aromatic rings. The third kappa shape index (κ3) is 6.55. The first kappa shape index (κ1) is 24.7. The van der Waals surface area contributed by atoms with Crippen molar-refractivity contribution in [3.63, 3.8) is 0 Å². The molecular weight excluding hydrogens is 450 g/mol. The lowest BCUT2D eigenvalue weighted by molar-refractivity contribution is -0.140. The molecular formula is C22H27N3O7S. The van der Waals surface area contributed by atoms with Gasteiger partial charge >= 0.3 is 11.9 Å². The first-order chi connectivity index (χ1) is 15.9. The lowest BCUT2D eigenvalue weighted by atomic mass is 10.1. The van der Waals surface area contributed by atoms with Crippen LogP contribution < -0.4 is 10.9 Å². The molecule has 0 spiro atoms. The Morgan fingerprint density at radius 2 is 2.09 bits per heavy atom. The number of amides is 1. The Labute approximate surface area is 195 Å². The molecule has 1 atom stereocenters. The van der Waals surface area contributed by atoms with Crippen LogP contribution in [0, 0.1) is 0 Å². The average Bonchev–Trinajstić information content (AvgIpc) is 3.34. The van der Waals surface area contributed by atoms with E-state index in [2.05, 4.69) is 15.0 Å². The molecule has 0 saturated carbocycles. The first-order valence-electron chi connectivity index (χ1n) is 10.6. The zero-order chi connectivity index (χ0) is 23.8. The topological polar surface area (TPSA) is 126 Å². The quantitative estimate of drug-likeness (QED) is 0.235. The summed E-state index contributed by atoms with van der Waals surface area (Å²) in [6.07, 6.45) is 2.37. The van der Waals surface area contributed by atoms with Gasteiger partial charge in [-0.25, -0.2) is 9.78 Å². The number of carbonyl (C=O) groups is 3. The summed E-state index contributed by atoms with van der Waals surface area (Å²) < 4.78 is 16.5. The highest BCUT2D eigenvalue weighted by atomic mass is 32.2. The molecule has 1 aliphatic heterocycles. The Kier molecular flexibility index (Phi) is 8.84. The molecule has 1 unspecified atom stereocenters. The summed E-state index contributed by atoms with van der Waals surface area (Å²) in [7, 11) is 2.60. The maximum Gasteiger partial charge on any atom is 0.337 e. The van der Waals surface area contributed by atoms with E-state index >= 15 is 0 Å². The van der Waals surface area contributed by atoms with Gasteiger partial charge in [0.1, 0.15) is 0 Å². The fraction of sp³-hybridized carbons (Fsp3) is 0.500. The van der Waals surface area contributed by atoms with Crippen molar-refractivity contribution in [3.8, 4) is 0 Å². The molecule has 0 bridgehead atoms. The molecule has 0 radical (unpaired) electrons. The molecule has 3 rings (SSSR count). The monoisotopic (exact) mass is 477 g/mol. The van der Waals surface area contributed by atoms with Crippen molar-refractivity contribution in [1.82, 2.24) is 14.9 Å². The molecule has 1 aromatic carbocycles. The lowest BCUT2D eigenvalue weighted by Crippen LogP contribution is -2.30. The van der Waals surface area contributed by atoms with Gasteiger partial charge in [-0.05, 0) is 37.5 Å². The van der Waals surface area contributed by atoms with Crippen LogP contribution in [-0.4, -0.2) is 66.6 Å². The normalized spacial score (nSPS) is 15.4. The first-order valence-corrected chi connectivity index (χ1v) is 11.6. The summed E-state index contributed by atoms with van der Waals surface area (Å²) in [6.45, 7) is 1.33. The van der Waals surface area contributed by atoms with Crippen LogP contribution in [-0.2, 0) is 30.3 Å². The molecule has 1 aliphatic rings. The second-order valence-corrected chi connectivity index (χ2v) is 8.43. The predicted octanol–water partition coefficient (Wildman–Crippen LogP) is 1.52. The highest BCUT2D eigenvalue weighted by Gasteiger charge is 2.21. The maximum absolute atomic E-state index is 13.2. The van der Waals surface area contributed by atoms with Gasteiger partial charge in [-0.3, -0.25) is 19.0 Å². The van der Waals surface area contributed by atoms with Crippen molar-refractivity contribution in [2.24, 2.45) is 0 Å². The van der Waals surface area contributed by atoms with E-state index in [1.807, 2.05) is 0 Å². The van der Waals surface area contributed by atoms with Crippen molar-refractivity contribution in [2.75, 3.05) is 33.1 Å². The molecule has 33 heavy (non-hydrogen) atoms. The van der Waals surface area contributed by atoms with Gasteiger partial charge in [-0.15, -0.1) is 0 Å². The van der Waals surface area contributed by atoms with Gasteiger partial charge in [-0.1, -0.05) is 11.8 Å². The van der Waals surface area contributed by atoms with E-state index < -0.39 is 5.97 Å². The van der Waals surface area contributed by atoms with Crippen LogP contribution in [0.5, 0.6) is 0 Å². The van der Waals surface area contributed by atoms with Gasteiger partial charge < -0.3 is 19.5 Å². The van der Waals surface area contributed by atoms with Crippen molar-refractivity contribution in [3.05, 3.63) is 34.1 Å². The zero-order valence-corrected chi connectivity index (χ0v) is 19.4. The van der Waals surface area contributed by atoms with Crippen molar-refractivity contribution >= 4 is 40.5 Å². The van der Waals surface area contributed by atoms with E-state index in [4.69, 9.17) is 9.47 Å². The average molecular weight is 478 g/mol. The number of nitrogens with one attached hydrogen (secondary N) is 1. The van der Waals surface area contributed by atoms with Crippen molar-refractivity contribution in [1.29, 1.82) is 0 Å². The lowest BCUT2D eigenvalue weighted by Gasteiger charge is -2.16. The van der Waals surface area contributed by atoms with Gasteiger partial charge in [0.25, 0.3) is 5.56 Å². The molecule has 0 aliphatic carbocycles. The largest absolute Gasteiger partial charge is 0.469 e. The predicted molar refractivity (Wildman–Crippen MR) is 121 cm³/mol. The highest BCUT2D eigenvalue weighted by molar-refractivity contribution is 7.99. The van der Waals surface area contributed by atoms with Crippen LogP contribution >= 0.6 is 11.8 Å². The number of rotatable bonds is 10. The Hall–Kier alpha value is -2.92. The molecule has 1 amide bonds. The van der Waals surface area contributed by atoms with E-state index in [1.165, 1.54) is 30.9 Å². The fourth-order valence-electron chi connectivity index (χ4n) is 3.45. The number of aromatic nitrogens is 2. The Morgan fingerprint density at radius 1 is 1.27 bits per heavy atom. The van der Waals surface area contributed by atoms with E-state index in [0.29, 0.717) is 42.2 Å². The molecule has 2 heterocycles. The third-order valence-electron chi connectivity index (χ3n) is 5.19. The number of hydrogen-bond acceptors (Lipinski definition) is 9. The Bertz CT molecular complexity index is 1080.